The molecular weight excluding hydrogens is 508 g/mol. The van der Waals surface area contributed by atoms with E-state index in [0.717, 1.165) is 15.7 Å². The molecule has 1 fully saturated rings. The molecular formula is C31H28N4O5. The summed E-state index contributed by atoms with van der Waals surface area (Å²) in [7, 11) is 0. The zero-order valence-electron chi connectivity index (χ0n) is 22.1. The highest BCUT2D eigenvalue weighted by atomic mass is 16.5. The topological polar surface area (TPSA) is 117 Å². The Hall–Kier alpha value is -5.18. The van der Waals surface area contributed by atoms with Crippen LogP contribution in [0.4, 0.5) is 16.2 Å². The molecule has 0 spiro atoms. The number of carbonyl (C=O) groups is 4. The van der Waals surface area contributed by atoms with Crippen molar-refractivity contribution < 1.29 is 23.9 Å². The zero-order valence-corrected chi connectivity index (χ0v) is 22.1. The lowest BCUT2D eigenvalue weighted by molar-refractivity contribution is -0.133. The minimum Gasteiger partial charge on any atom is -0.494 e. The Morgan fingerprint density at radius 2 is 1.50 bits per heavy atom. The SMILES string of the molecule is CCOc1ccc(NC(=O)c2ccc(NC(=O)CN3C(=O)N[C@](C)(c4ccc5ccccc5c4)C3=O)cc2)cc1. The second-order valence-corrected chi connectivity index (χ2v) is 9.55. The molecule has 3 N–H and O–H groups in total. The van der Waals surface area contributed by atoms with Gasteiger partial charge in [-0.25, -0.2) is 4.79 Å². The number of ether oxygens (including phenoxy) is 1. The molecule has 9 heteroatoms. The molecule has 40 heavy (non-hydrogen) atoms. The Bertz CT molecular complexity index is 1600. The number of anilines is 2. The second kappa shape index (κ2) is 10.9. The lowest BCUT2D eigenvalue weighted by Crippen LogP contribution is -2.42. The molecule has 0 aromatic heterocycles. The summed E-state index contributed by atoms with van der Waals surface area (Å²) in [5, 5.41) is 10.2. The van der Waals surface area contributed by atoms with Gasteiger partial charge in [0, 0.05) is 16.9 Å². The minimum absolute atomic E-state index is 0.311. The number of amides is 5. The fraction of sp³-hybridized carbons (Fsp3) is 0.161. The van der Waals surface area contributed by atoms with Gasteiger partial charge in [0.05, 0.1) is 6.61 Å². The number of hydrogen-bond acceptors (Lipinski definition) is 5. The predicted octanol–water partition coefficient (Wildman–Crippen LogP) is 4.90. The summed E-state index contributed by atoms with van der Waals surface area (Å²) >= 11 is 0. The molecule has 9 nitrogen and oxygen atoms in total. The first-order valence-electron chi connectivity index (χ1n) is 12.8. The Morgan fingerprint density at radius 1 is 0.850 bits per heavy atom. The minimum atomic E-state index is -1.29. The summed E-state index contributed by atoms with van der Waals surface area (Å²) in [5.41, 5.74) is 0.778. The lowest BCUT2D eigenvalue weighted by Gasteiger charge is -2.22. The molecule has 5 amide bonds. The monoisotopic (exact) mass is 536 g/mol. The van der Waals surface area contributed by atoms with Gasteiger partial charge in [-0.1, -0.05) is 36.4 Å². The van der Waals surface area contributed by atoms with Crippen molar-refractivity contribution in [2.75, 3.05) is 23.8 Å². The number of fused-ring (bicyclic) bond motifs is 1. The third kappa shape index (κ3) is 5.35. The van der Waals surface area contributed by atoms with Gasteiger partial charge in [0.25, 0.3) is 11.8 Å². The molecule has 1 atom stereocenters. The highest BCUT2D eigenvalue weighted by Gasteiger charge is 2.49. The van der Waals surface area contributed by atoms with E-state index < -0.39 is 29.9 Å². The first-order chi connectivity index (χ1) is 19.3. The normalized spacial score (nSPS) is 16.5. The van der Waals surface area contributed by atoms with Crippen molar-refractivity contribution >= 4 is 45.9 Å². The number of nitrogens with zero attached hydrogens (tertiary/aromatic N) is 1. The molecule has 1 aliphatic heterocycles. The van der Waals surface area contributed by atoms with Gasteiger partial charge in [-0.3, -0.25) is 19.3 Å². The van der Waals surface area contributed by atoms with E-state index in [1.54, 1.807) is 61.5 Å². The van der Waals surface area contributed by atoms with E-state index in [0.29, 0.717) is 34.9 Å². The average Bonchev–Trinajstić information content (AvgIpc) is 3.18. The number of benzene rings is 4. The van der Waals surface area contributed by atoms with E-state index in [-0.39, 0.29) is 5.91 Å². The molecule has 1 heterocycles. The van der Waals surface area contributed by atoms with E-state index in [4.69, 9.17) is 4.74 Å². The number of urea groups is 1. The van der Waals surface area contributed by atoms with Gasteiger partial charge in [-0.2, -0.15) is 0 Å². The smallest absolute Gasteiger partial charge is 0.325 e. The molecule has 1 aliphatic rings. The summed E-state index contributed by atoms with van der Waals surface area (Å²) in [6, 6.07) is 26.0. The molecule has 0 bridgehead atoms. The highest BCUT2D eigenvalue weighted by Crippen LogP contribution is 2.31. The highest BCUT2D eigenvalue weighted by molar-refractivity contribution is 6.10. The van der Waals surface area contributed by atoms with E-state index in [1.165, 1.54) is 0 Å². The maximum Gasteiger partial charge on any atom is 0.325 e. The van der Waals surface area contributed by atoms with Crippen molar-refractivity contribution in [3.8, 4) is 5.75 Å². The average molecular weight is 537 g/mol. The molecule has 0 radical (unpaired) electrons. The Kier molecular flexibility index (Phi) is 7.20. The van der Waals surface area contributed by atoms with E-state index in [9.17, 15) is 19.2 Å². The predicted molar refractivity (Wildman–Crippen MR) is 152 cm³/mol. The van der Waals surface area contributed by atoms with Gasteiger partial charge >= 0.3 is 6.03 Å². The molecule has 4 aromatic rings. The molecule has 1 saturated heterocycles. The largest absolute Gasteiger partial charge is 0.494 e. The van der Waals surface area contributed by atoms with Crippen molar-refractivity contribution in [3.05, 3.63) is 102 Å². The quantitative estimate of drug-likeness (QED) is 0.277. The third-order valence-corrected chi connectivity index (χ3v) is 6.76. The fourth-order valence-electron chi connectivity index (χ4n) is 4.59. The Labute approximate surface area is 231 Å². The van der Waals surface area contributed by atoms with Crippen LogP contribution in [-0.2, 0) is 15.1 Å². The lowest BCUT2D eigenvalue weighted by atomic mass is 9.90. The van der Waals surface area contributed by atoms with E-state index in [1.807, 2.05) is 43.3 Å². The summed E-state index contributed by atoms with van der Waals surface area (Å²) in [5.74, 6) is -0.650. The summed E-state index contributed by atoms with van der Waals surface area (Å²) in [6.07, 6.45) is 0. The molecule has 0 aliphatic carbocycles. The fourth-order valence-corrected chi connectivity index (χ4v) is 4.59. The van der Waals surface area contributed by atoms with Crippen LogP contribution in [0.15, 0.2) is 91.0 Å². The number of nitrogens with one attached hydrogen (secondary N) is 3. The van der Waals surface area contributed by atoms with Crippen molar-refractivity contribution in [3.63, 3.8) is 0 Å². The van der Waals surface area contributed by atoms with Gasteiger partial charge in [0.2, 0.25) is 5.91 Å². The first-order valence-corrected chi connectivity index (χ1v) is 12.8. The van der Waals surface area contributed by atoms with Crippen LogP contribution >= 0.6 is 0 Å². The number of imide groups is 1. The molecule has 4 aromatic carbocycles. The molecule has 0 saturated carbocycles. The molecule has 202 valence electrons. The standard InChI is InChI=1S/C31H28N4O5/c1-3-40-26-16-14-25(15-17-26)33-28(37)21-9-12-24(13-10-21)32-27(36)19-35-29(38)31(2,34-30(35)39)23-11-8-20-6-4-5-7-22(20)18-23/h4-18H,3,19H2,1-2H3,(H,32,36)(H,33,37)(H,34,39)/t31-/m1/s1. The van der Waals surface area contributed by atoms with Crippen LogP contribution < -0.4 is 20.7 Å². The van der Waals surface area contributed by atoms with Crippen LogP contribution in [0.2, 0.25) is 0 Å². The van der Waals surface area contributed by atoms with E-state index in [2.05, 4.69) is 16.0 Å². The van der Waals surface area contributed by atoms with Crippen molar-refractivity contribution in [1.82, 2.24) is 10.2 Å². The third-order valence-electron chi connectivity index (χ3n) is 6.76. The van der Waals surface area contributed by atoms with Crippen LogP contribution in [0, 0.1) is 0 Å². The number of rotatable bonds is 8. The zero-order chi connectivity index (χ0) is 28.3. The maximum absolute atomic E-state index is 13.3. The molecule has 0 unspecified atom stereocenters. The number of hydrogen-bond donors (Lipinski definition) is 3. The summed E-state index contributed by atoms with van der Waals surface area (Å²) in [6.45, 7) is 3.63. The first kappa shape index (κ1) is 26.4. The summed E-state index contributed by atoms with van der Waals surface area (Å²) < 4.78 is 5.40. The molecule has 5 rings (SSSR count). The van der Waals surface area contributed by atoms with Gasteiger partial charge in [-0.15, -0.1) is 0 Å². The van der Waals surface area contributed by atoms with Crippen LogP contribution in [0.1, 0.15) is 29.8 Å². The Morgan fingerprint density at radius 3 is 2.20 bits per heavy atom. The van der Waals surface area contributed by atoms with Crippen molar-refractivity contribution in [1.29, 1.82) is 0 Å². The van der Waals surface area contributed by atoms with Crippen LogP contribution in [0.3, 0.4) is 0 Å². The van der Waals surface area contributed by atoms with Gasteiger partial charge in [0.15, 0.2) is 0 Å². The van der Waals surface area contributed by atoms with Crippen LogP contribution in [0.25, 0.3) is 10.8 Å². The van der Waals surface area contributed by atoms with Gasteiger partial charge < -0.3 is 20.7 Å². The van der Waals surface area contributed by atoms with E-state index >= 15 is 0 Å². The second-order valence-electron chi connectivity index (χ2n) is 9.55. The summed E-state index contributed by atoms with van der Waals surface area (Å²) in [4.78, 5) is 52.2. The van der Waals surface area contributed by atoms with Crippen molar-refractivity contribution in [2.45, 2.75) is 19.4 Å². The van der Waals surface area contributed by atoms with Crippen molar-refractivity contribution in [2.24, 2.45) is 0 Å². The Balaban J connectivity index is 1.20. The van der Waals surface area contributed by atoms with Gasteiger partial charge in [-0.05, 0) is 84.8 Å². The maximum atomic E-state index is 13.3. The van der Waals surface area contributed by atoms with Gasteiger partial charge in [0.1, 0.15) is 17.8 Å². The van der Waals surface area contributed by atoms with Crippen LogP contribution in [-0.4, -0.2) is 41.8 Å². The number of carbonyl (C=O) groups excluding carboxylic acids is 4. The van der Waals surface area contributed by atoms with Crippen LogP contribution in [0.5, 0.6) is 5.75 Å².